The lowest BCUT2D eigenvalue weighted by Gasteiger charge is -2.24. The van der Waals surface area contributed by atoms with Crippen LogP contribution in [-0.4, -0.2) is 38.9 Å². The lowest BCUT2D eigenvalue weighted by molar-refractivity contribution is 0.000755. The molecular weight excluding hydrogens is 224 g/mol. The summed E-state index contributed by atoms with van der Waals surface area (Å²) >= 11 is 0. The summed E-state index contributed by atoms with van der Waals surface area (Å²) < 4.78 is 5.54. The molecule has 3 aliphatic heterocycles. The molecule has 0 aromatic carbocycles. The fourth-order valence-electron chi connectivity index (χ4n) is 4.05. The van der Waals surface area contributed by atoms with Gasteiger partial charge in [-0.05, 0) is 56.5 Å². The van der Waals surface area contributed by atoms with E-state index in [-0.39, 0.29) is 0 Å². The van der Waals surface area contributed by atoms with E-state index >= 15 is 0 Å². The zero-order chi connectivity index (χ0) is 12.2. The first-order chi connectivity index (χ1) is 8.93. The van der Waals surface area contributed by atoms with Crippen molar-refractivity contribution in [3.8, 4) is 0 Å². The van der Waals surface area contributed by atoms with Gasteiger partial charge in [0, 0.05) is 19.7 Å². The predicted octanol–water partition coefficient (Wildman–Crippen LogP) is 1.78. The van der Waals surface area contributed by atoms with E-state index in [2.05, 4.69) is 10.6 Å². The average molecular weight is 252 g/mol. The number of hydrogen-bond acceptors (Lipinski definition) is 3. The fourth-order valence-corrected chi connectivity index (χ4v) is 4.05. The van der Waals surface area contributed by atoms with Crippen LogP contribution in [0.5, 0.6) is 0 Å². The Morgan fingerprint density at radius 2 is 1.28 bits per heavy atom. The van der Waals surface area contributed by atoms with Crippen LogP contribution in [0.4, 0.5) is 0 Å². The number of rotatable bonds is 0. The van der Waals surface area contributed by atoms with Crippen molar-refractivity contribution in [2.24, 2.45) is 17.8 Å². The quantitative estimate of drug-likeness (QED) is 0.689. The lowest BCUT2D eigenvalue weighted by Crippen LogP contribution is -2.27. The molecule has 4 fully saturated rings. The van der Waals surface area contributed by atoms with E-state index in [9.17, 15) is 0 Å². The molecule has 3 heterocycles. The van der Waals surface area contributed by atoms with Crippen LogP contribution in [0.15, 0.2) is 0 Å². The normalized spacial score (nSPS) is 42.7. The summed E-state index contributed by atoms with van der Waals surface area (Å²) in [5, 5.41) is 6.80. The summed E-state index contributed by atoms with van der Waals surface area (Å²) in [6.07, 6.45) is 9.17. The fraction of sp³-hybridized carbons (Fsp3) is 1.00. The third kappa shape index (κ3) is 3.06. The van der Waals surface area contributed by atoms with Crippen molar-refractivity contribution in [1.82, 2.24) is 10.6 Å². The molecule has 104 valence electrons. The predicted molar refractivity (Wildman–Crippen MR) is 73.7 cm³/mol. The maximum atomic E-state index is 5.54. The molecule has 4 aliphatic rings. The standard InChI is InChI=1S/C8H15N.C7H13NO/c1-2-4-8-6-9-5-7(8)3-1;1-2-6-4-8-5-7(6)9-3-1/h7-9H,1-6H2;6-8H,1-5H2. The highest BCUT2D eigenvalue weighted by atomic mass is 16.5. The van der Waals surface area contributed by atoms with Crippen LogP contribution >= 0.6 is 0 Å². The molecule has 3 nitrogen and oxygen atoms in total. The Morgan fingerprint density at radius 3 is 2.00 bits per heavy atom. The first kappa shape index (κ1) is 12.9. The molecule has 0 aromatic rings. The van der Waals surface area contributed by atoms with Crippen LogP contribution in [0.25, 0.3) is 0 Å². The van der Waals surface area contributed by atoms with Gasteiger partial charge in [0.2, 0.25) is 0 Å². The molecule has 0 radical (unpaired) electrons. The molecule has 3 saturated heterocycles. The van der Waals surface area contributed by atoms with Gasteiger partial charge in [0.15, 0.2) is 0 Å². The second-order valence-corrected chi connectivity index (χ2v) is 6.43. The topological polar surface area (TPSA) is 33.3 Å². The van der Waals surface area contributed by atoms with Crippen molar-refractivity contribution in [3.05, 3.63) is 0 Å². The maximum absolute atomic E-state index is 5.54. The van der Waals surface area contributed by atoms with E-state index < -0.39 is 0 Å². The Kier molecular flexibility index (Phi) is 4.55. The van der Waals surface area contributed by atoms with Gasteiger partial charge in [0.1, 0.15) is 0 Å². The summed E-state index contributed by atoms with van der Waals surface area (Å²) in [7, 11) is 0. The lowest BCUT2D eigenvalue weighted by atomic mass is 9.82. The zero-order valence-corrected chi connectivity index (χ0v) is 11.5. The van der Waals surface area contributed by atoms with Crippen LogP contribution in [0.2, 0.25) is 0 Å². The number of ether oxygens (including phenoxy) is 1. The number of nitrogens with one attached hydrogen (secondary N) is 2. The van der Waals surface area contributed by atoms with E-state index in [1.807, 2.05) is 0 Å². The highest BCUT2D eigenvalue weighted by Gasteiger charge is 2.30. The van der Waals surface area contributed by atoms with Crippen LogP contribution < -0.4 is 10.6 Å². The minimum absolute atomic E-state index is 0.554. The highest BCUT2D eigenvalue weighted by molar-refractivity contribution is 4.84. The van der Waals surface area contributed by atoms with Gasteiger partial charge >= 0.3 is 0 Å². The minimum Gasteiger partial charge on any atom is -0.377 e. The van der Waals surface area contributed by atoms with Crippen molar-refractivity contribution >= 4 is 0 Å². The van der Waals surface area contributed by atoms with E-state index in [1.54, 1.807) is 0 Å². The number of fused-ring (bicyclic) bond motifs is 2. The average Bonchev–Trinajstić information content (AvgIpc) is 3.08. The second-order valence-electron chi connectivity index (χ2n) is 6.43. The first-order valence-corrected chi connectivity index (χ1v) is 7.96. The van der Waals surface area contributed by atoms with E-state index in [0.29, 0.717) is 6.10 Å². The Hall–Kier alpha value is -0.120. The minimum atomic E-state index is 0.554. The van der Waals surface area contributed by atoms with Crippen molar-refractivity contribution < 1.29 is 4.74 Å². The monoisotopic (exact) mass is 252 g/mol. The summed E-state index contributed by atoms with van der Waals surface area (Å²) in [6.45, 7) is 5.88. The third-order valence-corrected chi connectivity index (χ3v) is 5.21. The van der Waals surface area contributed by atoms with Crippen LogP contribution in [0.1, 0.15) is 38.5 Å². The molecule has 0 bridgehead atoms. The van der Waals surface area contributed by atoms with Crippen LogP contribution in [0, 0.1) is 17.8 Å². The molecule has 0 amide bonds. The molecule has 0 spiro atoms. The Balaban J connectivity index is 0.000000111. The zero-order valence-electron chi connectivity index (χ0n) is 11.5. The van der Waals surface area contributed by atoms with Gasteiger partial charge in [-0.15, -0.1) is 0 Å². The largest absolute Gasteiger partial charge is 0.377 e. The Labute approximate surface area is 111 Å². The Bertz CT molecular complexity index is 209. The van der Waals surface area contributed by atoms with E-state index in [4.69, 9.17) is 4.74 Å². The molecule has 4 rings (SSSR count). The van der Waals surface area contributed by atoms with Gasteiger partial charge in [-0.1, -0.05) is 12.8 Å². The van der Waals surface area contributed by atoms with E-state index in [0.717, 1.165) is 30.9 Å². The number of hydrogen-bond donors (Lipinski definition) is 2. The first-order valence-electron chi connectivity index (χ1n) is 7.96. The summed E-state index contributed by atoms with van der Waals surface area (Å²) in [4.78, 5) is 0. The van der Waals surface area contributed by atoms with Gasteiger partial charge in [-0.25, -0.2) is 0 Å². The summed E-state index contributed by atoms with van der Waals surface area (Å²) in [6, 6.07) is 0. The van der Waals surface area contributed by atoms with Gasteiger partial charge in [0.25, 0.3) is 0 Å². The van der Waals surface area contributed by atoms with Gasteiger partial charge in [0.05, 0.1) is 6.10 Å². The molecule has 4 atom stereocenters. The van der Waals surface area contributed by atoms with Crippen molar-refractivity contribution in [1.29, 1.82) is 0 Å². The van der Waals surface area contributed by atoms with Crippen molar-refractivity contribution in [3.63, 3.8) is 0 Å². The molecule has 0 aromatic heterocycles. The van der Waals surface area contributed by atoms with Gasteiger partial charge in [-0.3, -0.25) is 0 Å². The van der Waals surface area contributed by atoms with Gasteiger partial charge in [-0.2, -0.15) is 0 Å². The van der Waals surface area contributed by atoms with Gasteiger partial charge < -0.3 is 15.4 Å². The molecule has 1 saturated carbocycles. The molecule has 1 aliphatic carbocycles. The molecule has 18 heavy (non-hydrogen) atoms. The van der Waals surface area contributed by atoms with Crippen molar-refractivity contribution in [2.75, 3.05) is 32.8 Å². The van der Waals surface area contributed by atoms with Crippen LogP contribution in [0.3, 0.4) is 0 Å². The second kappa shape index (κ2) is 6.36. The summed E-state index contributed by atoms with van der Waals surface area (Å²) in [5.74, 6) is 2.94. The molecule has 3 heteroatoms. The molecular formula is C15H28N2O. The SMILES string of the molecule is C1CCC2CNCC2C1.C1COC2CNCC2C1. The molecule has 4 unspecified atom stereocenters. The van der Waals surface area contributed by atoms with Crippen molar-refractivity contribution in [2.45, 2.75) is 44.6 Å². The Morgan fingerprint density at radius 1 is 0.667 bits per heavy atom. The maximum Gasteiger partial charge on any atom is 0.0739 e. The molecule has 2 N–H and O–H groups in total. The van der Waals surface area contributed by atoms with E-state index in [1.165, 1.54) is 58.2 Å². The smallest absolute Gasteiger partial charge is 0.0739 e. The highest BCUT2D eigenvalue weighted by Crippen LogP contribution is 2.31. The summed E-state index contributed by atoms with van der Waals surface area (Å²) in [5.41, 5.74) is 0. The van der Waals surface area contributed by atoms with Crippen LogP contribution in [-0.2, 0) is 4.74 Å². The third-order valence-electron chi connectivity index (χ3n) is 5.21.